The van der Waals surface area contributed by atoms with E-state index < -0.39 is 12.2 Å². The van der Waals surface area contributed by atoms with Crippen molar-refractivity contribution in [1.82, 2.24) is 5.32 Å². The van der Waals surface area contributed by atoms with Crippen LogP contribution in [0, 0.1) is 0 Å². The fourth-order valence-corrected chi connectivity index (χ4v) is 0.738. The molecule has 5 heteroatoms. The van der Waals surface area contributed by atoms with Crippen molar-refractivity contribution in [2.24, 2.45) is 0 Å². The van der Waals surface area contributed by atoms with Gasteiger partial charge in [-0.15, -0.1) is 0 Å². The maximum Gasteiger partial charge on any atom is 0.356 e. The lowest BCUT2D eigenvalue weighted by Gasteiger charge is -2.15. The molecule has 1 N–H and O–H groups in total. The molecule has 0 aromatic carbocycles. The van der Waals surface area contributed by atoms with Gasteiger partial charge in [0.1, 0.15) is 0 Å². The third-order valence-corrected chi connectivity index (χ3v) is 1.17. The SMILES string of the molecule is CCOC(=O)C(NC(C)=O)OCC. The number of hydrogen-bond donors (Lipinski definition) is 1. The summed E-state index contributed by atoms with van der Waals surface area (Å²) < 4.78 is 9.64. The highest BCUT2D eigenvalue weighted by atomic mass is 16.6. The van der Waals surface area contributed by atoms with E-state index in [-0.39, 0.29) is 12.5 Å². The average Bonchev–Trinajstić information content (AvgIpc) is 2.03. The fraction of sp³-hybridized carbons (Fsp3) is 0.750. The Bertz CT molecular complexity index is 181. The summed E-state index contributed by atoms with van der Waals surface area (Å²) in [5.74, 6) is -0.897. The lowest BCUT2D eigenvalue weighted by molar-refractivity contribution is -0.160. The number of ether oxygens (including phenoxy) is 2. The first-order valence-corrected chi connectivity index (χ1v) is 4.17. The Morgan fingerprint density at radius 2 is 1.92 bits per heavy atom. The molecule has 0 aliphatic heterocycles. The summed E-state index contributed by atoms with van der Waals surface area (Å²) in [7, 11) is 0. The zero-order valence-corrected chi connectivity index (χ0v) is 8.12. The van der Waals surface area contributed by atoms with Gasteiger partial charge in [0.05, 0.1) is 6.61 Å². The molecule has 0 heterocycles. The molecular formula is C8H15NO4. The molecule has 76 valence electrons. The van der Waals surface area contributed by atoms with Gasteiger partial charge in [-0.1, -0.05) is 0 Å². The maximum absolute atomic E-state index is 11.1. The third kappa shape index (κ3) is 5.19. The number of esters is 1. The van der Waals surface area contributed by atoms with E-state index in [0.29, 0.717) is 6.61 Å². The van der Waals surface area contributed by atoms with Crippen LogP contribution >= 0.6 is 0 Å². The van der Waals surface area contributed by atoms with Crippen molar-refractivity contribution >= 4 is 11.9 Å². The van der Waals surface area contributed by atoms with E-state index in [4.69, 9.17) is 4.74 Å². The average molecular weight is 189 g/mol. The lowest BCUT2D eigenvalue weighted by atomic mass is 10.5. The molecular weight excluding hydrogens is 174 g/mol. The van der Waals surface area contributed by atoms with E-state index in [1.54, 1.807) is 13.8 Å². The van der Waals surface area contributed by atoms with E-state index in [2.05, 4.69) is 10.1 Å². The van der Waals surface area contributed by atoms with E-state index in [9.17, 15) is 9.59 Å². The van der Waals surface area contributed by atoms with Crippen molar-refractivity contribution in [3.8, 4) is 0 Å². The normalized spacial score (nSPS) is 11.9. The van der Waals surface area contributed by atoms with Crippen LogP contribution in [0.25, 0.3) is 0 Å². The van der Waals surface area contributed by atoms with Crippen molar-refractivity contribution in [1.29, 1.82) is 0 Å². The van der Waals surface area contributed by atoms with Gasteiger partial charge >= 0.3 is 5.97 Å². The molecule has 0 spiro atoms. The van der Waals surface area contributed by atoms with Crippen LogP contribution in [0.3, 0.4) is 0 Å². The van der Waals surface area contributed by atoms with Gasteiger partial charge in [-0.05, 0) is 13.8 Å². The Balaban J connectivity index is 4.06. The Hall–Kier alpha value is -1.10. The smallest absolute Gasteiger partial charge is 0.356 e. The standard InChI is InChI=1S/C8H15NO4/c1-4-12-7(9-6(3)10)8(11)13-5-2/h7H,4-5H2,1-3H3,(H,9,10). The Morgan fingerprint density at radius 3 is 2.31 bits per heavy atom. The van der Waals surface area contributed by atoms with Crippen molar-refractivity contribution in [2.75, 3.05) is 13.2 Å². The van der Waals surface area contributed by atoms with Crippen LogP contribution in [0.1, 0.15) is 20.8 Å². The molecule has 0 bridgehead atoms. The summed E-state index contributed by atoms with van der Waals surface area (Å²) in [5, 5.41) is 2.33. The Kier molecular flexibility index (Phi) is 5.88. The molecule has 0 aliphatic carbocycles. The number of amides is 1. The predicted octanol–water partition coefficient (Wildman–Crippen LogP) is 0.0482. The molecule has 0 saturated heterocycles. The van der Waals surface area contributed by atoms with Gasteiger partial charge in [-0.3, -0.25) is 4.79 Å². The van der Waals surface area contributed by atoms with Crippen LogP contribution < -0.4 is 5.32 Å². The monoisotopic (exact) mass is 189 g/mol. The van der Waals surface area contributed by atoms with Crippen molar-refractivity contribution in [3.63, 3.8) is 0 Å². The number of rotatable bonds is 5. The number of hydrogen-bond acceptors (Lipinski definition) is 4. The molecule has 1 unspecified atom stereocenters. The molecule has 5 nitrogen and oxygen atoms in total. The van der Waals surface area contributed by atoms with Crippen LogP contribution in [-0.2, 0) is 19.1 Å². The second kappa shape index (κ2) is 6.42. The van der Waals surface area contributed by atoms with Gasteiger partial charge in [0, 0.05) is 13.5 Å². The zero-order chi connectivity index (χ0) is 10.3. The second-order valence-corrected chi connectivity index (χ2v) is 2.29. The minimum Gasteiger partial charge on any atom is -0.463 e. The molecule has 1 amide bonds. The van der Waals surface area contributed by atoms with E-state index >= 15 is 0 Å². The third-order valence-electron chi connectivity index (χ3n) is 1.17. The molecule has 0 saturated carbocycles. The summed E-state index contributed by atoms with van der Waals surface area (Å²) in [6.45, 7) is 5.33. The van der Waals surface area contributed by atoms with E-state index in [1.165, 1.54) is 6.92 Å². The van der Waals surface area contributed by atoms with E-state index in [0.717, 1.165) is 0 Å². The first kappa shape index (κ1) is 11.9. The first-order valence-electron chi connectivity index (χ1n) is 4.17. The van der Waals surface area contributed by atoms with Gasteiger partial charge in [0.2, 0.25) is 12.1 Å². The largest absolute Gasteiger partial charge is 0.463 e. The van der Waals surface area contributed by atoms with Crippen LogP contribution in [0.15, 0.2) is 0 Å². The number of carbonyl (C=O) groups excluding carboxylic acids is 2. The van der Waals surface area contributed by atoms with Gasteiger partial charge in [0.25, 0.3) is 0 Å². The first-order chi connectivity index (χ1) is 6.11. The minimum atomic E-state index is -0.984. The Morgan fingerprint density at radius 1 is 1.31 bits per heavy atom. The Labute approximate surface area is 77.4 Å². The molecule has 0 aromatic heterocycles. The molecule has 0 radical (unpaired) electrons. The molecule has 13 heavy (non-hydrogen) atoms. The summed E-state index contributed by atoms with van der Waals surface area (Å²) >= 11 is 0. The van der Waals surface area contributed by atoms with Gasteiger partial charge < -0.3 is 14.8 Å². The van der Waals surface area contributed by atoms with E-state index in [1.807, 2.05) is 0 Å². The van der Waals surface area contributed by atoms with Gasteiger partial charge in [-0.25, -0.2) is 4.79 Å². The lowest BCUT2D eigenvalue weighted by Crippen LogP contribution is -2.42. The molecule has 0 rings (SSSR count). The second-order valence-electron chi connectivity index (χ2n) is 2.29. The molecule has 0 aliphatic rings. The van der Waals surface area contributed by atoms with Crippen LogP contribution in [0.5, 0.6) is 0 Å². The molecule has 1 atom stereocenters. The predicted molar refractivity (Wildman–Crippen MR) is 45.9 cm³/mol. The highest BCUT2D eigenvalue weighted by Gasteiger charge is 2.20. The van der Waals surface area contributed by atoms with Crippen molar-refractivity contribution in [2.45, 2.75) is 27.0 Å². The van der Waals surface area contributed by atoms with Gasteiger partial charge in [-0.2, -0.15) is 0 Å². The summed E-state index contributed by atoms with van der Waals surface area (Å²) in [5.41, 5.74) is 0. The summed E-state index contributed by atoms with van der Waals surface area (Å²) in [6, 6.07) is 0. The quantitative estimate of drug-likeness (QED) is 0.490. The topological polar surface area (TPSA) is 64.6 Å². The highest BCUT2D eigenvalue weighted by Crippen LogP contribution is 1.92. The fourth-order valence-electron chi connectivity index (χ4n) is 0.738. The summed E-state index contributed by atoms with van der Waals surface area (Å²) in [4.78, 5) is 21.7. The highest BCUT2D eigenvalue weighted by molar-refractivity contribution is 5.82. The summed E-state index contributed by atoms with van der Waals surface area (Å²) in [6.07, 6.45) is -0.984. The zero-order valence-electron chi connectivity index (χ0n) is 8.12. The van der Waals surface area contributed by atoms with Gasteiger partial charge in [0.15, 0.2) is 0 Å². The van der Waals surface area contributed by atoms with Crippen LogP contribution in [-0.4, -0.2) is 31.3 Å². The number of carbonyl (C=O) groups is 2. The minimum absolute atomic E-state index is 0.266. The molecule has 0 fully saturated rings. The van der Waals surface area contributed by atoms with Crippen molar-refractivity contribution < 1.29 is 19.1 Å². The van der Waals surface area contributed by atoms with Crippen LogP contribution in [0.2, 0.25) is 0 Å². The molecule has 0 aromatic rings. The maximum atomic E-state index is 11.1. The van der Waals surface area contributed by atoms with Crippen molar-refractivity contribution in [3.05, 3.63) is 0 Å². The van der Waals surface area contributed by atoms with Crippen LogP contribution in [0.4, 0.5) is 0 Å². The number of nitrogens with one attached hydrogen (secondary N) is 1.